The summed E-state index contributed by atoms with van der Waals surface area (Å²) in [5, 5.41) is 3.37. The zero-order valence-corrected chi connectivity index (χ0v) is 19.5. The van der Waals surface area contributed by atoms with Crippen LogP contribution in [0.25, 0.3) is 0 Å². The van der Waals surface area contributed by atoms with Gasteiger partial charge in [-0.25, -0.2) is 13.4 Å². The maximum atomic E-state index is 12.2. The summed E-state index contributed by atoms with van der Waals surface area (Å²) >= 11 is 0. The van der Waals surface area contributed by atoms with E-state index in [1.54, 1.807) is 20.9 Å². The minimum atomic E-state index is -3.06. The van der Waals surface area contributed by atoms with E-state index in [9.17, 15) is 8.42 Å². The maximum absolute atomic E-state index is 12.2. The Labute approximate surface area is 179 Å². The molecular weight excluding hydrogens is 477 g/mol. The molecule has 1 aromatic rings. The lowest BCUT2D eigenvalue weighted by Crippen LogP contribution is -2.57. The normalized spacial score (nSPS) is 21.7. The zero-order valence-electron chi connectivity index (χ0n) is 16.3. The van der Waals surface area contributed by atoms with Gasteiger partial charge in [0.05, 0.1) is 10.5 Å². The molecule has 1 aromatic heterocycles. The van der Waals surface area contributed by atoms with Gasteiger partial charge in [-0.1, -0.05) is 0 Å². The van der Waals surface area contributed by atoms with E-state index >= 15 is 0 Å². The lowest BCUT2D eigenvalue weighted by atomic mass is 10.2. The smallest absolute Gasteiger partial charge is 0.193 e. The molecule has 0 aromatic carbocycles. The zero-order chi connectivity index (χ0) is 18.8. The van der Waals surface area contributed by atoms with Crippen molar-refractivity contribution in [2.24, 2.45) is 4.99 Å². The van der Waals surface area contributed by atoms with Crippen molar-refractivity contribution in [3.8, 4) is 0 Å². The highest BCUT2D eigenvalue weighted by atomic mass is 127. The Bertz CT molecular complexity index is 776. The molecule has 27 heavy (non-hydrogen) atoms. The Morgan fingerprint density at radius 3 is 2.63 bits per heavy atom. The van der Waals surface area contributed by atoms with Gasteiger partial charge in [0.1, 0.15) is 5.82 Å². The summed E-state index contributed by atoms with van der Waals surface area (Å²) in [7, 11) is -1.32. The van der Waals surface area contributed by atoms with E-state index in [4.69, 9.17) is 0 Å². The summed E-state index contributed by atoms with van der Waals surface area (Å²) in [5.41, 5.74) is 1.15. The van der Waals surface area contributed by atoms with Crippen molar-refractivity contribution in [2.75, 3.05) is 43.9 Å². The molecule has 0 aliphatic carbocycles. The molecule has 1 N–H and O–H groups in total. The summed E-state index contributed by atoms with van der Waals surface area (Å²) in [4.78, 5) is 13.2. The molecule has 0 spiro atoms. The Balaban J connectivity index is 0.00000261. The number of aliphatic imine (C=N–C) groups is 1. The Morgan fingerprint density at radius 1 is 1.30 bits per heavy atom. The third kappa shape index (κ3) is 5.04. The van der Waals surface area contributed by atoms with Gasteiger partial charge in [-0.3, -0.25) is 4.99 Å². The van der Waals surface area contributed by atoms with Crippen LogP contribution in [0.3, 0.4) is 0 Å². The van der Waals surface area contributed by atoms with Crippen LogP contribution in [0.1, 0.15) is 32.3 Å². The second kappa shape index (κ2) is 8.93. The standard InChI is InChI=1S/C18H29N5O2S.HI/c1-18(2)14-23(10-11-26(18,24)25)17(19-3)21-13-15-6-7-20-16(12-15)22-8-4-5-9-22;/h6-7,12H,4-5,8-11,13-14H2,1-3H3,(H,19,21);1H. The van der Waals surface area contributed by atoms with E-state index in [1.165, 1.54) is 12.8 Å². The number of halogens is 1. The van der Waals surface area contributed by atoms with E-state index in [0.29, 0.717) is 19.6 Å². The van der Waals surface area contributed by atoms with E-state index in [-0.39, 0.29) is 29.7 Å². The third-order valence-electron chi connectivity index (χ3n) is 5.25. The number of pyridine rings is 1. The molecule has 0 atom stereocenters. The van der Waals surface area contributed by atoms with Gasteiger partial charge in [0.15, 0.2) is 15.8 Å². The van der Waals surface area contributed by atoms with E-state index in [1.807, 2.05) is 17.2 Å². The first kappa shape index (κ1) is 22.2. The quantitative estimate of drug-likeness (QED) is 0.383. The third-order valence-corrected chi connectivity index (χ3v) is 7.78. The second-order valence-electron chi connectivity index (χ2n) is 7.62. The fourth-order valence-electron chi connectivity index (χ4n) is 3.53. The molecule has 0 saturated carbocycles. The molecule has 2 saturated heterocycles. The number of nitrogens with one attached hydrogen (secondary N) is 1. The van der Waals surface area contributed by atoms with Crippen LogP contribution in [0.5, 0.6) is 0 Å². The average molecular weight is 507 g/mol. The molecule has 9 heteroatoms. The summed E-state index contributed by atoms with van der Waals surface area (Å²) in [6.07, 6.45) is 4.30. The first-order chi connectivity index (χ1) is 12.3. The number of hydrogen-bond acceptors (Lipinski definition) is 5. The number of guanidine groups is 1. The summed E-state index contributed by atoms with van der Waals surface area (Å²) in [5.74, 6) is 1.93. The molecule has 3 heterocycles. The molecule has 0 unspecified atom stereocenters. The fourth-order valence-corrected chi connectivity index (χ4v) is 4.89. The van der Waals surface area contributed by atoms with Crippen LogP contribution in [-0.4, -0.2) is 68.0 Å². The first-order valence-corrected chi connectivity index (χ1v) is 10.9. The van der Waals surface area contributed by atoms with Crippen molar-refractivity contribution in [2.45, 2.75) is 38.0 Å². The lowest BCUT2D eigenvalue weighted by molar-refractivity contribution is 0.353. The minimum absolute atomic E-state index is 0. The Morgan fingerprint density at radius 2 is 2.00 bits per heavy atom. The Kier molecular flexibility index (Phi) is 7.34. The highest BCUT2D eigenvalue weighted by Gasteiger charge is 2.40. The molecule has 2 fully saturated rings. The van der Waals surface area contributed by atoms with Gasteiger partial charge >= 0.3 is 0 Å². The molecule has 0 amide bonds. The second-order valence-corrected chi connectivity index (χ2v) is 10.4. The average Bonchev–Trinajstić information content (AvgIpc) is 3.13. The SMILES string of the molecule is CN=C(NCc1ccnc(N2CCCC2)c1)N1CCS(=O)(=O)C(C)(C)C1.I. The van der Waals surface area contributed by atoms with Crippen LogP contribution in [0.2, 0.25) is 0 Å². The minimum Gasteiger partial charge on any atom is -0.357 e. The number of sulfone groups is 1. The van der Waals surface area contributed by atoms with Crippen LogP contribution in [0.4, 0.5) is 5.82 Å². The van der Waals surface area contributed by atoms with E-state index < -0.39 is 14.6 Å². The van der Waals surface area contributed by atoms with Crippen molar-refractivity contribution in [1.82, 2.24) is 15.2 Å². The largest absolute Gasteiger partial charge is 0.357 e. The number of nitrogens with zero attached hydrogens (tertiary/aromatic N) is 4. The van der Waals surface area contributed by atoms with Crippen LogP contribution in [0.15, 0.2) is 23.3 Å². The van der Waals surface area contributed by atoms with E-state index in [0.717, 1.165) is 30.4 Å². The number of rotatable bonds is 3. The van der Waals surface area contributed by atoms with Gasteiger partial charge in [-0.05, 0) is 44.4 Å². The van der Waals surface area contributed by atoms with Crippen LogP contribution in [0, 0.1) is 0 Å². The summed E-state index contributed by atoms with van der Waals surface area (Å²) < 4.78 is 23.6. The monoisotopic (exact) mass is 507 g/mol. The van der Waals surface area contributed by atoms with Crippen molar-refractivity contribution < 1.29 is 8.42 Å². The van der Waals surface area contributed by atoms with Crippen LogP contribution >= 0.6 is 24.0 Å². The lowest BCUT2D eigenvalue weighted by Gasteiger charge is -2.39. The number of hydrogen-bond donors (Lipinski definition) is 1. The maximum Gasteiger partial charge on any atom is 0.193 e. The molecule has 2 aliphatic rings. The van der Waals surface area contributed by atoms with Gasteiger partial charge in [0.2, 0.25) is 0 Å². The number of anilines is 1. The number of aromatic nitrogens is 1. The van der Waals surface area contributed by atoms with Crippen molar-refractivity contribution in [3.05, 3.63) is 23.9 Å². The highest BCUT2D eigenvalue weighted by molar-refractivity contribution is 14.0. The predicted molar refractivity (Wildman–Crippen MR) is 121 cm³/mol. The van der Waals surface area contributed by atoms with Gasteiger partial charge in [0.25, 0.3) is 0 Å². The van der Waals surface area contributed by atoms with Gasteiger partial charge < -0.3 is 15.1 Å². The molecule has 0 bridgehead atoms. The topological polar surface area (TPSA) is 77.9 Å². The van der Waals surface area contributed by atoms with Gasteiger partial charge in [-0.2, -0.15) is 0 Å². The fraction of sp³-hybridized carbons (Fsp3) is 0.667. The van der Waals surface area contributed by atoms with Crippen LogP contribution in [-0.2, 0) is 16.4 Å². The molecule has 0 radical (unpaired) electrons. The molecular formula is C18H30IN5O2S. The molecule has 2 aliphatic heterocycles. The highest BCUT2D eigenvalue weighted by Crippen LogP contribution is 2.24. The first-order valence-electron chi connectivity index (χ1n) is 9.20. The van der Waals surface area contributed by atoms with Crippen LogP contribution < -0.4 is 10.2 Å². The van der Waals surface area contributed by atoms with Crippen molar-refractivity contribution in [3.63, 3.8) is 0 Å². The summed E-state index contributed by atoms with van der Waals surface area (Å²) in [6, 6.07) is 4.13. The molecule has 7 nitrogen and oxygen atoms in total. The predicted octanol–water partition coefficient (Wildman–Crippen LogP) is 1.88. The van der Waals surface area contributed by atoms with Crippen molar-refractivity contribution in [1.29, 1.82) is 0 Å². The molecule has 152 valence electrons. The Hall–Kier alpha value is -1.10. The van der Waals surface area contributed by atoms with E-state index in [2.05, 4.69) is 26.3 Å². The van der Waals surface area contributed by atoms with Gasteiger partial charge in [-0.15, -0.1) is 24.0 Å². The summed E-state index contributed by atoms with van der Waals surface area (Å²) in [6.45, 7) is 7.27. The molecule has 3 rings (SSSR count). The van der Waals surface area contributed by atoms with Gasteiger partial charge in [0, 0.05) is 46.0 Å². The van der Waals surface area contributed by atoms with Crippen molar-refractivity contribution >= 4 is 45.6 Å².